The molecule has 1 aliphatic heterocycles. The summed E-state index contributed by atoms with van der Waals surface area (Å²) in [6.45, 7) is 1.58. The predicted octanol–water partition coefficient (Wildman–Crippen LogP) is -0.520. The van der Waals surface area contributed by atoms with Crippen LogP contribution in [-0.2, 0) is 9.84 Å². The number of hydrogen-bond donors (Lipinski definition) is 2. The fourth-order valence-corrected chi connectivity index (χ4v) is 2.53. The van der Waals surface area contributed by atoms with Gasteiger partial charge in [0, 0.05) is 0 Å². The van der Waals surface area contributed by atoms with E-state index >= 15 is 0 Å². The number of amides is 1. The average molecular weight is 206 g/mol. The Morgan fingerprint density at radius 1 is 1.54 bits per heavy atom. The number of rotatable bonds is 2. The van der Waals surface area contributed by atoms with E-state index in [1.165, 1.54) is 0 Å². The van der Waals surface area contributed by atoms with Gasteiger partial charge in [-0.3, -0.25) is 4.79 Å². The molecule has 0 saturated carbocycles. The quantitative estimate of drug-likeness (QED) is 0.636. The number of nitrogens with one attached hydrogen (secondary N) is 1. The lowest BCUT2D eigenvalue weighted by Crippen LogP contribution is -2.36. The molecule has 5 nitrogen and oxygen atoms in total. The summed E-state index contributed by atoms with van der Waals surface area (Å²) in [5.41, 5.74) is 4.74. The van der Waals surface area contributed by atoms with Gasteiger partial charge in [0.2, 0.25) is 9.84 Å². The summed E-state index contributed by atoms with van der Waals surface area (Å²) < 4.78 is 22.2. The molecule has 13 heavy (non-hydrogen) atoms. The first kappa shape index (κ1) is 10.5. The van der Waals surface area contributed by atoms with Crippen LogP contribution in [0, 0.1) is 5.92 Å². The van der Waals surface area contributed by atoms with E-state index in [4.69, 9.17) is 5.73 Å². The van der Waals surface area contributed by atoms with Gasteiger partial charge in [-0.2, -0.15) is 0 Å². The predicted molar refractivity (Wildman–Crippen MR) is 49.0 cm³/mol. The zero-order valence-corrected chi connectivity index (χ0v) is 8.14. The van der Waals surface area contributed by atoms with E-state index in [1.807, 2.05) is 0 Å². The number of sulfone groups is 1. The fourth-order valence-electron chi connectivity index (χ4n) is 1.46. The highest BCUT2D eigenvalue weighted by molar-refractivity contribution is 8.05. The molecule has 0 aromatic rings. The fraction of sp³-hybridized carbons (Fsp3) is 0.857. The van der Waals surface area contributed by atoms with Crippen LogP contribution < -0.4 is 11.1 Å². The third-order valence-electron chi connectivity index (χ3n) is 2.16. The second kappa shape index (κ2) is 4.06. The van der Waals surface area contributed by atoms with Crippen molar-refractivity contribution in [2.45, 2.75) is 12.8 Å². The molecular weight excluding hydrogens is 192 g/mol. The Bertz CT molecular complexity index is 280. The zero-order valence-electron chi connectivity index (χ0n) is 7.32. The Balaban J connectivity index is 2.52. The molecule has 1 saturated heterocycles. The lowest BCUT2D eigenvalue weighted by atomic mass is 10.0. The third-order valence-corrected chi connectivity index (χ3v) is 3.68. The molecule has 1 atom stereocenters. The van der Waals surface area contributed by atoms with Crippen molar-refractivity contribution in [1.82, 2.24) is 5.32 Å². The normalized spacial score (nSPS) is 24.2. The van der Waals surface area contributed by atoms with Gasteiger partial charge in [-0.25, -0.2) is 8.42 Å². The average Bonchev–Trinajstić information content (AvgIpc) is 2.05. The van der Waals surface area contributed by atoms with Crippen LogP contribution in [0.15, 0.2) is 0 Å². The van der Waals surface area contributed by atoms with Crippen molar-refractivity contribution in [3.8, 4) is 0 Å². The number of hydrogen-bond acceptors (Lipinski definition) is 4. The lowest BCUT2D eigenvalue weighted by Gasteiger charge is -2.21. The summed E-state index contributed by atoms with van der Waals surface area (Å²) in [6, 6.07) is 0. The van der Waals surface area contributed by atoms with Crippen LogP contribution in [0.4, 0.5) is 4.79 Å². The minimum atomic E-state index is -3.70. The van der Waals surface area contributed by atoms with Crippen molar-refractivity contribution in [1.29, 1.82) is 0 Å². The Labute approximate surface area is 77.6 Å². The Kier molecular flexibility index (Phi) is 3.27. The molecule has 0 aromatic carbocycles. The van der Waals surface area contributed by atoms with E-state index in [0.717, 1.165) is 19.4 Å². The third kappa shape index (κ3) is 2.96. The molecule has 3 N–H and O–H groups in total. The van der Waals surface area contributed by atoms with E-state index in [2.05, 4.69) is 5.32 Å². The Morgan fingerprint density at radius 2 is 2.23 bits per heavy atom. The molecule has 1 unspecified atom stereocenters. The topological polar surface area (TPSA) is 89.3 Å². The summed E-state index contributed by atoms with van der Waals surface area (Å²) in [5, 5.41) is 1.87. The minimum Gasteiger partial charge on any atom is -0.356 e. The Morgan fingerprint density at radius 3 is 2.69 bits per heavy atom. The van der Waals surface area contributed by atoms with Crippen LogP contribution in [0.2, 0.25) is 0 Å². The first-order chi connectivity index (χ1) is 6.02. The summed E-state index contributed by atoms with van der Waals surface area (Å²) in [5.74, 6) is -0.0822. The molecule has 1 amide bonds. The van der Waals surface area contributed by atoms with Gasteiger partial charge in [0.1, 0.15) is 0 Å². The summed E-state index contributed by atoms with van der Waals surface area (Å²) in [4.78, 5) is 10.5. The maximum absolute atomic E-state index is 11.1. The maximum Gasteiger partial charge on any atom is 0.333 e. The van der Waals surface area contributed by atoms with E-state index in [0.29, 0.717) is 6.54 Å². The number of primary amides is 1. The minimum absolute atomic E-state index is 0.0336. The molecule has 76 valence electrons. The second-order valence-electron chi connectivity index (χ2n) is 3.31. The largest absolute Gasteiger partial charge is 0.356 e. The second-order valence-corrected chi connectivity index (χ2v) is 5.28. The van der Waals surface area contributed by atoms with E-state index in [9.17, 15) is 13.2 Å². The highest BCUT2D eigenvalue weighted by Gasteiger charge is 2.25. The number of carbonyl (C=O) groups excluding carboxylic acids is 1. The number of nitrogens with two attached hydrogens (primary N) is 1. The monoisotopic (exact) mass is 206 g/mol. The van der Waals surface area contributed by atoms with Crippen LogP contribution in [0.3, 0.4) is 0 Å². The maximum atomic E-state index is 11.1. The van der Waals surface area contributed by atoms with Crippen molar-refractivity contribution < 1.29 is 13.2 Å². The summed E-state index contributed by atoms with van der Waals surface area (Å²) in [6.07, 6.45) is 1.80. The molecule has 0 aliphatic carbocycles. The van der Waals surface area contributed by atoms with Crippen LogP contribution in [0.5, 0.6) is 0 Å². The Hall–Kier alpha value is -0.620. The first-order valence-electron chi connectivity index (χ1n) is 4.25. The van der Waals surface area contributed by atoms with E-state index in [1.54, 1.807) is 0 Å². The SMILES string of the molecule is NC(=O)S(=O)(=O)CC1CCCNC1. The van der Waals surface area contributed by atoms with E-state index < -0.39 is 15.1 Å². The molecule has 6 heteroatoms. The lowest BCUT2D eigenvalue weighted by molar-refractivity contribution is 0.265. The van der Waals surface area contributed by atoms with Crippen molar-refractivity contribution in [3.63, 3.8) is 0 Å². The van der Waals surface area contributed by atoms with Crippen molar-refractivity contribution >= 4 is 15.1 Å². The summed E-state index contributed by atoms with van der Waals surface area (Å²) >= 11 is 0. The highest BCUT2D eigenvalue weighted by Crippen LogP contribution is 2.12. The first-order valence-corrected chi connectivity index (χ1v) is 5.90. The van der Waals surface area contributed by atoms with Crippen molar-refractivity contribution in [2.24, 2.45) is 11.7 Å². The van der Waals surface area contributed by atoms with Gasteiger partial charge in [0.15, 0.2) is 0 Å². The van der Waals surface area contributed by atoms with Gasteiger partial charge in [0.05, 0.1) is 5.75 Å². The van der Waals surface area contributed by atoms with Gasteiger partial charge >= 0.3 is 5.24 Å². The van der Waals surface area contributed by atoms with Gasteiger partial charge in [-0.1, -0.05) is 0 Å². The van der Waals surface area contributed by atoms with Crippen LogP contribution >= 0.6 is 0 Å². The smallest absolute Gasteiger partial charge is 0.333 e. The molecule has 1 rings (SSSR count). The summed E-state index contributed by atoms with van der Waals surface area (Å²) in [7, 11) is -3.70. The molecule has 0 spiro atoms. The molecule has 1 fully saturated rings. The molecule has 0 radical (unpaired) electrons. The standard InChI is InChI=1S/C7H14N2O3S/c8-7(10)13(11,12)5-6-2-1-3-9-4-6/h6,9H,1-5H2,(H2,8,10). The van der Waals surface area contributed by atoms with Gasteiger partial charge < -0.3 is 11.1 Å². The van der Waals surface area contributed by atoms with Crippen LogP contribution in [-0.4, -0.2) is 32.5 Å². The van der Waals surface area contributed by atoms with Crippen LogP contribution in [0.25, 0.3) is 0 Å². The highest BCUT2D eigenvalue weighted by atomic mass is 32.2. The molecule has 1 heterocycles. The van der Waals surface area contributed by atoms with Gasteiger partial charge in [-0.05, 0) is 31.8 Å². The van der Waals surface area contributed by atoms with Gasteiger partial charge in [-0.15, -0.1) is 0 Å². The van der Waals surface area contributed by atoms with Crippen molar-refractivity contribution in [3.05, 3.63) is 0 Å². The molecule has 1 aliphatic rings. The number of piperidine rings is 1. The zero-order chi connectivity index (χ0) is 9.90. The molecular formula is C7H14N2O3S. The van der Waals surface area contributed by atoms with E-state index in [-0.39, 0.29) is 11.7 Å². The number of carbonyl (C=O) groups is 1. The van der Waals surface area contributed by atoms with Gasteiger partial charge in [0.25, 0.3) is 0 Å². The molecule has 0 bridgehead atoms. The molecule has 0 aromatic heterocycles. The van der Waals surface area contributed by atoms with Crippen molar-refractivity contribution in [2.75, 3.05) is 18.8 Å². The van der Waals surface area contributed by atoms with Crippen LogP contribution in [0.1, 0.15) is 12.8 Å².